The lowest BCUT2D eigenvalue weighted by molar-refractivity contribution is -0.251. The second-order valence-corrected chi connectivity index (χ2v) is 6.85. The van der Waals surface area contributed by atoms with E-state index in [2.05, 4.69) is 6.07 Å². The Bertz CT molecular complexity index is 922. The van der Waals surface area contributed by atoms with Crippen molar-refractivity contribution in [2.45, 2.75) is 37.6 Å². The van der Waals surface area contributed by atoms with Gasteiger partial charge in [0.05, 0.1) is 17.9 Å². The van der Waals surface area contributed by atoms with Crippen LogP contribution in [-0.4, -0.2) is 56.0 Å². The first-order valence-corrected chi connectivity index (χ1v) is 8.83. The molecule has 0 spiro atoms. The molecule has 7 nitrogen and oxygen atoms in total. The second-order valence-electron chi connectivity index (χ2n) is 6.46. The summed E-state index contributed by atoms with van der Waals surface area (Å²) in [5.41, 5.74) is 2.28. The van der Waals surface area contributed by atoms with Crippen LogP contribution in [0.4, 0.5) is 0 Å². The van der Waals surface area contributed by atoms with Gasteiger partial charge in [-0.05, 0) is 24.1 Å². The van der Waals surface area contributed by atoms with Crippen LogP contribution in [0, 0.1) is 22.9 Å². The van der Waals surface area contributed by atoms with Gasteiger partial charge < -0.3 is 29.7 Å². The van der Waals surface area contributed by atoms with E-state index >= 15 is 0 Å². The zero-order valence-corrected chi connectivity index (χ0v) is 15.4. The predicted molar refractivity (Wildman–Crippen MR) is 99.2 cm³/mol. The number of nitriles is 1. The zero-order valence-electron chi connectivity index (χ0n) is 14.6. The number of benzene rings is 1. The van der Waals surface area contributed by atoms with Crippen molar-refractivity contribution in [2.24, 2.45) is 0 Å². The number of pyridine rings is 1. The van der Waals surface area contributed by atoms with Crippen LogP contribution in [0.25, 0.3) is 11.3 Å². The number of aromatic nitrogens is 1. The van der Waals surface area contributed by atoms with Crippen molar-refractivity contribution in [3.63, 3.8) is 0 Å². The Morgan fingerprint density at radius 1 is 1.15 bits per heavy atom. The van der Waals surface area contributed by atoms with E-state index in [9.17, 15) is 25.7 Å². The van der Waals surface area contributed by atoms with E-state index in [0.29, 0.717) is 11.3 Å². The van der Waals surface area contributed by atoms with Gasteiger partial charge in [-0.2, -0.15) is 5.26 Å². The average molecular weight is 388 g/mol. The summed E-state index contributed by atoms with van der Waals surface area (Å²) in [5, 5.41) is 49.7. The van der Waals surface area contributed by atoms with Gasteiger partial charge in [0.15, 0.2) is 6.23 Å². The zero-order chi connectivity index (χ0) is 19.7. The molecule has 2 aromatic rings. The molecule has 1 saturated heterocycles. The normalized spacial score (nSPS) is 27.9. The number of aryl methyl sites for hydroxylation is 1. The molecular weight excluding hydrogens is 368 g/mol. The van der Waals surface area contributed by atoms with Crippen LogP contribution in [0.1, 0.15) is 17.4 Å². The minimum atomic E-state index is -1.54. The first-order chi connectivity index (χ1) is 12.9. The molecule has 0 radical (unpaired) electrons. The topological polar surface area (TPSA) is 119 Å². The summed E-state index contributed by atoms with van der Waals surface area (Å²) in [6.45, 7) is 1.21. The highest BCUT2D eigenvalue weighted by atomic mass is 32.1. The minimum Gasteiger partial charge on any atom is -0.394 e. The van der Waals surface area contributed by atoms with Gasteiger partial charge in [-0.3, -0.25) is 0 Å². The summed E-state index contributed by atoms with van der Waals surface area (Å²) < 4.78 is 7.27. The van der Waals surface area contributed by atoms with Crippen molar-refractivity contribution in [1.29, 1.82) is 5.26 Å². The van der Waals surface area contributed by atoms with E-state index in [0.717, 1.165) is 5.56 Å². The lowest BCUT2D eigenvalue weighted by atomic mass is 9.97. The summed E-state index contributed by atoms with van der Waals surface area (Å²) in [7, 11) is 0. The van der Waals surface area contributed by atoms with Crippen LogP contribution >= 0.6 is 12.2 Å². The molecular formula is C19H20N2O5S. The molecule has 142 valence electrons. The third-order valence-corrected chi connectivity index (χ3v) is 5.14. The predicted octanol–water partition coefficient (Wildman–Crippen LogP) is 1.04. The number of hydrogen-bond donors (Lipinski definition) is 4. The van der Waals surface area contributed by atoms with Crippen molar-refractivity contribution >= 4 is 12.2 Å². The largest absolute Gasteiger partial charge is 0.394 e. The van der Waals surface area contributed by atoms with E-state index < -0.39 is 37.3 Å². The molecule has 4 N–H and O–H groups in total. The standard InChI is InChI=1S/C19H20N2O5S/c1-10-7-13(11-5-3-2-4-6-11)21(19(27)12(10)8-20)18-17(25)16(24)15(23)14(9-22)26-18/h2-7,14-18,22-25H,9H2,1H3/t14-,15-,16+,17-,18-/m1/s1. The van der Waals surface area contributed by atoms with E-state index in [1.807, 2.05) is 30.3 Å². The lowest BCUT2D eigenvalue weighted by Gasteiger charge is -2.41. The van der Waals surface area contributed by atoms with Gasteiger partial charge in [0.1, 0.15) is 35.1 Å². The molecule has 1 fully saturated rings. The Balaban J connectivity index is 2.25. The van der Waals surface area contributed by atoms with Crippen LogP contribution < -0.4 is 0 Å². The van der Waals surface area contributed by atoms with Gasteiger partial charge in [-0.15, -0.1) is 0 Å². The number of hydrogen-bond acceptors (Lipinski definition) is 7. The highest BCUT2D eigenvalue weighted by Gasteiger charge is 2.45. The van der Waals surface area contributed by atoms with Crippen molar-refractivity contribution in [1.82, 2.24) is 4.57 Å². The maximum absolute atomic E-state index is 10.5. The molecule has 0 saturated carbocycles. The first kappa shape index (κ1) is 19.6. The molecule has 0 unspecified atom stereocenters. The summed E-state index contributed by atoms with van der Waals surface area (Å²) >= 11 is 5.49. The number of nitrogens with zero attached hydrogens (tertiary/aromatic N) is 2. The number of ether oxygens (including phenoxy) is 1. The third-order valence-electron chi connectivity index (χ3n) is 4.74. The molecule has 1 aliphatic rings. The summed E-state index contributed by atoms with van der Waals surface area (Å²) in [6.07, 6.45) is -6.79. The fraction of sp³-hybridized carbons (Fsp3) is 0.368. The Kier molecular flexibility index (Phi) is 5.72. The molecule has 0 bridgehead atoms. The first-order valence-electron chi connectivity index (χ1n) is 8.42. The fourth-order valence-electron chi connectivity index (χ4n) is 3.26. The summed E-state index contributed by atoms with van der Waals surface area (Å²) in [4.78, 5) is 0. The Labute approximate surface area is 161 Å². The van der Waals surface area contributed by atoms with E-state index in [4.69, 9.17) is 17.0 Å². The number of aliphatic hydroxyl groups is 4. The van der Waals surface area contributed by atoms with Gasteiger partial charge in [0.2, 0.25) is 0 Å². The molecule has 27 heavy (non-hydrogen) atoms. The molecule has 2 heterocycles. The molecule has 5 atom stereocenters. The molecule has 1 aromatic heterocycles. The number of aliphatic hydroxyl groups excluding tert-OH is 4. The maximum Gasteiger partial charge on any atom is 0.164 e. The molecule has 0 aliphatic carbocycles. The highest BCUT2D eigenvalue weighted by molar-refractivity contribution is 7.71. The van der Waals surface area contributed by atoms with Crippen LogP contribution in [0.2, 0.25) is 0 Å². The van der Waals surface area contributed by atoms with Gasteiger partial charge >= 0.3 is 0 Å². The van der Waals surface area contributed by atoms with Crippen molar-refractivity contribution in [2.75, 3.05) is 6.61 Å². The van der Waals surface area contributed by atoms with Crippen LogP contribution in [0.15, 0.2) is 36.4 Å². The van der Waals surface area contributed by atoms with Gasteiger partial charge in [0, 0.05) is 0 Å². The minimum absolute atomic E-state index is 0.140. The van der Waals surface area contributed by atoms with Crippen LogP contribution in [-0.2, 0) is 4.74 Å². The van der Waals surface area contributed by atoms with E-state index in [1.165, 1.54) is 4.57 Å². The molecule has 0 amide bonds. The van der Waals surface area contributed by atoms with Crippen molar-refractivity contribution in [3.05, 3.63) is 52.2 Å². The van der Waals surface area contributed by atoms with Gasteiger partial charge in [-0.25, -0.2) is 0 Å². The Morgan fingerprint density at radius 3 is 2.41 bits per heavy atom. The van der Waals surface area contributed by atoms with Crippen molar-refractivity contribution in [3.8, 4) is 17.3 Å². The second kappa shape index (κ2) is 7.86. The maximum atomic E-state index is 10.5. The van der Waals surface area contributed by atoms with Crippen molar-refractivity contribution < 1.29 is 25.2 Å². The van der Waals surface area contributed by atoms with E-state index in [-0.39, 0.29) is 10.2 Å². The lowest BCUT2D eigenvalue weighted by Crippen LogP contribution is -2.56. The molecule has 8 heteroatoms. The summed E-state index contributed by atoms with van der Waals surface area (Å²) in [5.74, 6) is 0. The molecule has 3 rings (SSSR count). The van der Waals surface area contributed by atoms with E-state index in [1.54, 1.807) is 13.0 Å². The quantitative estimate of drug-likeness (QED) is 0.580. The fourth-order valence-corrected chi connectivity index (χ4v) is 3.67. The molecule has 1 aliphatic heterocycles. The smallest absolute Gasteiger partial charge is 0.164 e. The highest BCUT2D eigenvalue weighted by Crippen LogP contribution is 2.34. The van der Waals surface area contributed by atoms with Gasteiger partial charge in [-0.1, -0.05) is 42.5 Å². The number of rotatable bonds is 3. The van der Waals surface area contributed by atoms with Crippen LogP contribution in [0.5, 0.6) is 0 Å². The monoisotopic (exact) mass is 388 g/mol. The molecule has 1 aromatic carbocycles. The van der Waals surface area contributed by atoms with Gasteiger partial charge in [0.25, 0.3) is 0 Å². The summed E-state index contributed by atoms with van der Waals surface area (Å²) in [6, 6.07) is 13.0. The Morgan fingerprint density at radius 2 is 1.81 bits per heavy atom. The Hall–Kier alpha value is -2.12. The average Bonchev–Trinajstić information content (AvgIpc) is 2.68. The third kappa shape index (κ3) is 3.41. The van der Waals surface area contributed by atoms with Crippen LogP contribution in [0.3, 0.4) is 0 Å². The SMILES string of the molecule is Cc1cc(-c2ccccc2)n([C@@H]2O[C@H](CO)[C@@H](O)[C@H](O)[C@H]2O)c(=S)c1C#N.